The number of sulfonamides is 1. The van der Waals surface area contributed by atoms with Crippen molar-refractivity contribution in [1.29, 1.82) is 0 Å². The van der Waals surface area contributed by atoms with Crippen molar-refractivity contribution in [2.45, 2.75) is 24.7 Å². The number of aromatic amines is 1. The van der Waals surface area contributed by atoms with Gasteiger partial charge in [0.2, 0.25) is 0 Å². The number of nitrogens with zero attached hydrogens (tertiary/aromatic N) is 1. The molecule has 0 aliphatic carbocycles. The van der Waals surface area contributed by atoms with Crippen molar-refractivity contribution in [3.05, 3.63) is 28.1 Å². The Morgan fingerprint density at radius 3 is 2.85 bits per heavy atom. The van der Waals surface area contributed by atoms with Crippen LogP contribution < -0.4 is 4.72 Å². The Hall–Kier alpha value is -1.87. The molecule has 0 atom stereocenters. The molecule has 0 radical (unpaired) electrons. The molecule has 7 nitrogen and oxygen atoms in total. The summed E-state index contributed by atoms with van der Waals surface area (Å²) in [5.41, 5.74) is 0.835. The smallest absolute Gasteiger partial charge is 0.345 e. The van der Waals surface area contributed by atoms with Crippen molar-refractivity contribution in [3.63, 3.8) is 0 Å². The van der Waals surface area contributed by atoms with Crippen molar-refractivity contribution >= 4 is 33.1 Å². The van der Waals surface area contributed by atoms with E-state index in [-0.39, 0.29) is 15.6 Å². The molecule has 20 heavy (non-hydrogen) atoms. The van der Waals surface area contributed by atoms with Crippen LogP contribution in [-0.2, 0) is 16.4 Å². The number of thiophene rings is 1. The van der Waals surface area contributed by atoms with Crippen LogP contribution in [0.5, 0.6) is 0 Å². The van der Waals surface area contributed by atoms with Crippen LogP contribution in [0.1, 0.15) is 28.7 Å². The molecular weight excluding hydrogens is 302 g/mol. The van der Waals surface area contributed by atoms with Gasteiger partial charge < -0.3 is 5.11 Å². The largest absolute Gasteiger partial charge is 0.477 e. The Morgan fingerprint density at radius 2 is 2.25 bits per heavy atom. The van der Waals surface area contributed by atoms with Crippen LogP contribution >= 0.6 is 11.3 Å². The lowest BCUT2D eigenvalue weighted by atomic mass is 10.2. The monoisotopic (exact) mass is 315 g/mol. The summed E-state index contributed by atoms with van der Waals surface area (Å²) in [7, 11) is -3.81. The van der Waals surface area contributed by atoms with E-state index in [0.29, 0.717) is 0 Å². The number of H-pyrrole nitrogens is 1. The Bertz CT molecular complexity index is 718. The van der Waals surface area contributed by atoms with Crippen LogP contribution in [-0.4, -0.2) is 29.7 Å². The standard InChI is InChI=1S/C11H13N3O4S2/c1-2-3-7-4-10(13-12-7)14-20(17,18)8-5-9(11(15)16)19-6-8/h4-6H,2-3H2,1H3,(H,15,16)(H2,12,13,14). The van der Waals surface area contributed by atoms with Crippen molar-refractivity contribution < 1.29 is 18.3 Å². The topological polar surface area (TPSA) is 112 Å². The van der Waals surface area contributed by atoms with Gasteiger partial charge in [0, 0.05) is 17.1 Å². The number of hydrogen-bond acceptors (Lipinski definition) is 5. The first-order valence-corrected chi connectivity index (χ1v) is 8.17. The summed E-state index contributed by atoms with van der Waals surface area (Å²) in [6, 6.07) is 2.74. The number of hydrogen-bond donors (Lipinski definition) is 3. The van der Waals surface area contributed by atoms with Crippen LogP contribution in [0.4, 0.5) is 5.82 Å². The van der Waals surface area contributed by atoms with E-state index >= 15 is 0 Å². The average molecular weight is 315 g/mol. The molecule has 3 N–H and O–H groups in total. The maximum atomic E-state index is 12.1. The van der Waals surface area contributed by atoms with Gasteiger partial charge in [-0.15, -0.1) is 11.3 Å². The molecule has 0 spiro atoms. The molecule has 0 aromatic carbocycles. The number of rotatable bonds is 6. The van der Waals surface area contributed by atoms with Gasteiger partial charge >= 0.3 is 5.97 Å². The SMILES string of the molecule is CCCc1cc(NS(=O)(=O)c2csc(C(=O)O)c2)n[nH]1. The molecule has 0 saturated heterocycles. The number of aryl methyl sites for hydroxylation is 1. The van der Waals surface area contributed by atoms with E-state index in [1.165, 1.54) is 5.38 Å². The second-order valence-corrected chi connectivity index (χ2v) is 6.68. The molecule has 2 heterocycles. The zero-order valence-corrected chi connectivity index (χ0v) is 12.2. The number of aromatic nitrogens is 2. The number of carboxylic acid groups (broad SMARTS) is 1. The van der Waals surface area contributed by atoms with Gasteiger partial charge in [0.05, 0.1) is 4.90 Å². The van der Waals surface area contributed by atoms with Crippen LogP contribution in [0.15, 0.2) is 22.4 Å². The van der Waals surface area contributed by atoms with Gasteiger partial charge in [0.1, 0.15) is 4.88 Å². The van der Waals surface area contributed by atoms with E-state index in [0.717, 1.165) is 35.9 Å². The Labute approximate surface area is 119 Å². The molecule has 0 unspecified atom stereocenters. The van der Waals surface area contributed by atoms with Gasteiger partial charge in [-0.2, -0.15) is 5.10 Å². The summed E-state index contributed by atoms with van der Waals surface area (Å²) in [5, 5.41) is 16.7. The van der Waals surface area contributed by atoms with Crippen molar-refractivity contribution in [3.8, 4) is 0 Å². The fourth-order valence-electron chi connectivity index (χ4n) is 1.58. The summed E-state index contributed by atoms with van der Waals surface area (Å²) in [6.07, 6.45) is 1.69. The molecule has 108 valence electrons. The second kappa shape index (κ2) is 5.63. The first kappa shape index (κ1) is 14.5. The Kier molecular flexibility index (Phi) is 4.09. The molecule has 0 amide bonds. The Morgan fingerprint density at radius 1 is 1.50 bits per heavy atom. The fraction of sp³-hybridized carbons (Fsp3) is 0.273. The third-order valence-electron chi connectivity index (χ3n) is 2.49. The van der Waals surface area contributed by atoms with E-state index in [9.17, 15) is 13.2 Å². The van der Waals surface area contributed by atoms with Gasteiger partial charge in [-0.1, -0.05) is 13.3 Å². The predicted octanol–water partition coefficient (Wildman–Crippen LogP) is 1.92. The van der Waals surface area contributed by atoms with Gasteiger partial charge in [-0.05, 0) is 12.5 Å². The Balaban J connectivity index is 2.19. The van der Waals surface area contributed by atoms with Crippen LogP contribution in [0.2, 0.25) is 0 Å². The van der Waals surface area contributed by atoms with E-state index in [4.69, 9.17) is 5.11 Å². The van der Waals surface area contributed by atoms with Gasteiger partial charge in [-0.3, -0.25) is 9.82 Å². The quantitative estimate of drug-likeness (QED) is 0.754. The third kappa shape index (κ3) is 3.17. The summed E-state index contributed by atoms with van der Waals surface area (Å²) in [4.78, 5) is 10.6. The number of nitrogens with one attached hydrogen (secondary N) is 2. The summed E-state index contributed by atoms with van der Waals surface area (Å²) in [5.74, 6) is -0.960. The zero-order valence-electron chi connectivity index (χ0n) is 10.6. The number of carbonyl (C=O) groups is 1. The normalized spacial score (nSPS) is 11.4. The van der Waals surface area contributed by atoms with Crippen molar-refractivity contribution in [1.82, 2.24) is 10.2 Å². The molecule has 0 saturated carbocycles. The van der Waals surface area contributed by atoms with Gasteiger partial charge in [0.15, 0.2) is 5.82 Å². The molecule has 2 rings (SSSR count). The van der Waals surface area contributed by atoms with E-state index in [1.54, 1.807) is 6.07 Å². The van der Waals surface area contributed by atoms with Crippen LogP contribution in [0, 0.1) is 0 Å². The van der Waals surface area contributed by atoms with Gasteiger partial charge in [0.25, 0.3) is 10.0 Å². The highest BCUT2D eigenvalue weighted by atomic mass is 32.2. The van der Waals surface area contributed by atoms with E-state index in [1.807, 2.05) is 6.92 Å². The minimum Gasteiger partial charge on any atom is -0.477 e. The molecule has 0 aliphatic rings. The second-order valence-electron chi connectivity index (χ2n) is 4.09. The molecule has 9 heteroatoms. The lowest BCUT2D eigenvalue weighted by Gasteiger charge is -2.01. The highest BCUT2D eigenvalue weighted by Crippen LogP contribution is 2.21. The maximum Gasteiger partial charge on any atom is 0.345 e. The minimum atomic E-state index is -3.81. The predicted molar refractivity (Wildman–Crippen MR) is 74.7 cm³/mol. The van der Waals surface area contributed by atoms with Crippen molar-refractivity contribution in [2.24, 2.45) is 0 Å². The summed E-state index contributed by atoms with van der Waals surface area (Å²) < 4.78 is 26.4. The number of anilines is 1. The molecule has 0 fully saturated rings. The number of aromatic carboxylic acids is 1. The molecule has 2 aromatic heterocycles. The lowest BCUT2D eigenvalue weighted by molar-refractivity contribution is 0.0702. The molecule has 2 aromatic rings. The van der Waals surface area contributed by atoms with Crippen molar-refractivity contribution in [2.75, 3.05) is 4.72 Å². The van der Waals surface area contributed by atoms with Crippen LogP contribution in [0.25, 0.3) is 0 Å². The van der Waals surface area contributed by atoms with Crippen LogP contribution in [0.3, 0.4) is 0 Å². The first-order valence-electron chi connectivity index (χ1n) is 5.81. The van der Waals surface area contributed by atoms with E-state index < -0.39 is 16.0 Å². The third-order valence-corrected chi connectivity index (χ3v) is 4.89. The summed E-state index contributed by atoms with van der Waals surface area (Å²) in [6.45, 7) is 2.00. The molecule has 0 bridgehead atoms. The number of carboxylic acids is 1. The maximum absolute atomic E-state index is 12.1. The molecule has 0 aliphatic heterocycles. The highest BCUT2D eigenvalue weighted by molar-refractivity contribution is 7.92. The summed E-state index contributed by atoms with van der Waals surface area (Å²) >= 11 is 0.861. The minimum absolute atomic E-state index is 0.0286. The van der Waals surface area contributed by atoms with E-state index in [2.05, 4.69) is 14.9 Å². The first-order chi connectivity index (χ1) is 9.42. The zero-order chi connectivity index (χ0) is 14.8. The van der Waals surface area contributed by atoms with Gasteiger partial charge in [-0.25, -0.2) is 13.2 Å². The fourth-order valence-corrected chi connectivity index (χ4v) is 3.68. The average Bonchev–Trinajstić information content (AvgIpc) is 2.98. The highest BCUT2D eigenvalue weighted by Gasteiger charge is 2.19. The molecular formula is C11H13N3O4S2. The lowest BCUT2D eigenvalue weighted by Crippen LogP contribution is -2.12.